The largest absolute Gasteiger partial charge is 0.491 e. The molecule has 4 nitrogen and oxygen atoms in total. The first kappa shape index (κ1) is 19.9. The number of ether oxygens (including phenoxy) is 2. The van der Waals surface area contributed by atoms with Crippen molar-refractivity contribution in [2.45, 2.75) is 11.8 Å². The zero-order valence-electron chi connectivity index (χ0n) is 12.4. The van der Waals surface area contributed by atoms with Gasteiger partial charge in [0.05, 0.1) is 6.61 Å². The van der Waals surface area contributed by atoms with E-state index in [1.165, 1.54) is 4.90 Å². The van der Waals surface area contributed by atoms with E-state index in [9.17, 15) is 4.79 Å². The van der Waals surface area contributed by atoms with E-state index in [4.69, 9.17) is 32.7 Å². The molecule has 117 valence electrons. The van der Waals surface area contributed by atoms with Gasteiger partial charge in [-0.05, 0) is 17.2 Å². The number of carbonyl (C=O) groups is 1. The second kappa shape index (κ2) is 9.24. The summed E-state index contributed by atoms with van der Waals surface area (Å²) in [5.41, 5.74) is 1.38. The maximum atomic E-state index is 11.9. The Balaban J connectivity index is 0.00000242. The molecule has 1 aromatic rings. The average molecular weight is 418 g/mol. The van der Waals surface area contributed by atoms with E-state index in [1.807, 2.05) is 6.07 Å². The summed E-state index contributed by atoms with van der Waals surface area (Å²) >= 11 is 12.2. The molecule has 7 heteroatoms. The first-order chi connectivity index (χ1) is 10.0. The zero-order chi connectivity index (χ0) is 15.4. The van der Waals surface area contributed by atoms with Crippen molar-refractivity contribution in [1.82, 2.24) is 4.90 Å². The molecular formula is C15H16Cl2NO3Y-. The molecule has 1 aliphatic heterocycles. The monoisotopic (exact) mass is 417 g/mol. The van der Waals surface area contributed by atoms with Crippen LogP contribution in [-0.2, 0) is 42.2 Å². The minimum atomic E-state index is -0.561. The number of alkyl halides is 1. The number of halogens is 2. The first-order valence-corrected chi connectivity index (χ1v) is 7.30. The molecule has 1 radical (unpaired) electrons. The van der Waals surface area contributed by atoms with E-state index in [0.717, 1.165) is 5.56 Å². The summed E-state index contributed by atoms with van der Waals surface area (Å²) in [5, 5.41) is -0.0609. The number of hydrogen-bond acceptors (Lipinski definition) is 3. The Bertz CT molecular complexity index is 566. The molecular weight excluding hydrogens is 402 g/mol. The fourth-order valence-corrected chi connectivity index (χ4v) is 2.49. The van der Waals surface area contributed by atoms with Crippen molar-refractivity contribution in [3.63, 3.8) is 0 Å². The van der Waals surface area contributed by atoms with E-state index < -0.39 is 5.38 Å². The number of hydrogen-bond donors (Lipinski definition) is 0. The van der Waals surface area contributed by atoms with Gasteiger partial charge >= 0.3 is 0 Å². The van der Waals surface area contributed by atoms with Crippen LogP contribution in [0.25, 0.3) is 5.70 Å². The molecule has 1 heterocycles. The van der Waals surface area contributed by atoms with Gasteiger partial charge in [0.25, 0.3) is 0 Å². The number of carbonyl (C=O) groups excluding carboxylic acids is 1. The van der Waals surface area contributed by atoms with Gasteiger partial charge in [0.2, 0.25) is 5.91 Å². The van der Waals surface area contributed by atoms with Gasteiger partial charge < -0.3 is 14.4 Å². The number of benzene rings is 1. The van der Waals surface area contributed by atoms with Gasteiger partial charge in [-0.15, -0.1) is 40.5 Å². The maximum absolute atomic E-state index is 11.9. The van der Waals surface area contributed by atoms with Crippen LogP contribution in [0.3, 0.4) is 0 Å². The van der Waals surface area contributed by atoms with E-state index >= 15 is 0 Å². The van der Waals surface area contributed by atoms with E-state index in [0.29, 0.717) is 36.1 Å². The summed E-state index contributed by atoms with van der Waals surface area (Å²) in [7, 11) is 3.28. The van der Waals surface area contributed by atoms with Gasteiger partial charge in [-0.25, -0.2) is 6.08 Å². The van der Waals surface area contributed by atoms with E-state index in [2.05, 4.69) is 6.08 Å². The normalized spacial score (nSPS) is 17.8. The third-order valence-electron chi connectivity index (χ3n) is 3.13. The number of allylic oxidation sites excluding steroid dienone is 1. The minimum Gasteiger partial charge on any atom is -0.491 e. The number of amides is 1. The number of rotatable bonds is 5. The Morgan fingerprint density at radius 2 is 2.14 bits per heavy atom. The average Bonchev–Trinajstić information content (AvgIpc) is 2.46. The van der Waals surface area contributed by atoms with Crippen LogP contribution in [0.2, 0.25) is 5.02 Å². The molecule has 1 amide bonds. The molecule has 0 spiro atoms. The maximum Gasteiger partial charge on any atom is 0.240 e. The molecule has 0 saturated carbocycles. The Morgan fingerprint density at radius 1 is 1.41 bits per heavy atom. The van der Waals surface area contributed by atoms with Crippen molar-refractivity contribution in [1.29, 1.82) is 0 Å². The van der Waals surface area contributed by atoms with Gasteiger partial charge in [0.1, 0.15) is 17.7 Å². The second-order valence-corrected chi connectivity index (χ2v) is 5.51. The van der Waals surface area contributed by atoms with Crippen molar-refractivity contribution in [2.24, 2.45) is 0 Å². The van der Waals surface area contributed by atoms with Crippen LogP contribution in [0.5, 0.6) is 5.75 Å². The third-order valence-corrected chi connectivity index (χ3v) is 3.79. The molecule has 1 aromatic carbocycles. The fraction of sp³-hybridized carbons (Fsp3) is 0.400. The molecule has 0 fully saturated rings. The van der Waals surface area contributed by atoms with Crippen molar-refractivity contribution < 1.29 is 47.0 Å². The van der Waals surface area contributed by atoms with Crippen LogP contribution in [0.15, 0.2) is 18.2 Å². The molecule has 1 atom stereocenters. The summed E-state index contributed by atoms with van der Waals surface area (Å²) in [5.74, 6) is 0.503. The molecule has 0 aliphatic carbocycles. The van der Waals surface area contributed by atoms with Gasteiger partial charge in [-0.1, -0.05) is 6.42 Å². The second-order valence-electron chi connectivity index (χ2n) is 4.58. The Hall–Kier alpha value is -0.126. The molecule has 2 rings (SSSR count). The van der Waals surface area contributed by atoms with Crippen molar-refractivity contribution in [3.05, 3.63) is 34.9 Å². The Morgan fingerprint density at radius 3 is 2.77 bits per heavy atom. The zero-order valence-corrected chi connectivity index (χ0v) is 16.8. The fourth-order valence-electron chi connectivity index (χ4n) is 2.01. The molecule has 1 unspecified atom stereocenters. The van der Waals surface area contributed by atoms with Gasteiger partial charge in [-0.3, -0.25) is 4.79 Å². The van der Waals surface area contributed by atoms with Crippen LogP contribution in [0, 0.1) is 6.08 Å². The summed E-state index contributed by atoms with van der Waals surface area (Å²) in [4.78, 5) is 13.4. The van der Waals surface area contributed by atoms with Crippen molar-refractivity contribution in [3.8, 4) is 5.75 Å². The summed E-state index contributed by atoms with van der Waals surface area (Å²) in [6, 6.07) is 5.33. The minimum absolute atomic E-state index is 0. The first-order valence-electron chi connectivity index (χ1n) is 6.48. The van der Waals surface area contributed by atoms with Crippen LogP contribution in [0.4, 0.5) is 0 Å². The third kappa shape index (κ3) is 4.68. The molecule has 22 heavy (non-hydrogen) atoms. The topological polar surface area (TPSA) is 38.8 Å². The van der Waals surface area contributed by atoms with E-state index in [-0.39, 0.29) is 38.6 Å². The standard InChI is InChI=1S/C15H16Cl2NO3.Y/c1-18-14(6-5-12(16)15(18)19)11-4-3-10(9-13(11)17)21-8-7-20-2;/h3-4,9,12H,5,7-8H2,1-2H3;/q-1;. The molecule has 0 aromatic heterocycles. The number of nitrogens with zero attached hydrogens (tertiary/aromatic N) is 1. The molecule has 0 N–H and O–H groups in total. The molecule has 1 aliphatic rings. The predicted octanol–water partition coefficient (Wildman–Crippen LogP) is 2.98. The summed E-state index contributed by atoms with van der Waals surface area (Å²) in [6.07, 6.45) is 3.50. The quantitative estimate of drug-likeness (QED) is 0.420. The van der Waals surface area contributed by atoms with Crippen LogP contribution < -0.4 is 4.74 Å². The van der Waals surface area contributed by atoms with E-state index in [1.54, 1.807) is 26.3 Å². The van der Waals surface area contributed by atoms with Crippen LogP contribution in [-0.4, -0.2) is 43.6 Å². The van der Waals surface area contributed by atoms with Gasteiger partial charge in [0, 0.05) is 46.9 Å². The van der Waals surface area contributed by atoms with Crippen LogP contribution >= 0.6 is 23.2 Å². The summed E-state index contributed by atoms with van der Waals surface area (Å²) in [6.45, 7) is 0.958. The van der Waals surface area contributed by atoms with Crippen molar-refractivity contribution in [2.75, 3.05) is 27.4 Å². The molecule has 0 saturated heterocycles. The Kier molecular flexibility index (Phi) is 8.36. The predicted molar refractivity (Wildman–Crippen MR) is 82.5 cm³/mol. The number of methoxy groups -OCH3 is 1. The van der Waals surface area contributed by atoms with Gasteiger partial charge in [0.15, 0.2) is 0 Å². The summed E-state index contributed by atoms with van der Waals surface area (Å²) < 4.78 is 10.4. The molecule has 0 bridgehead atoms. The SMILES string of the molecule is COCCOc1ccc(C2=[C-]CC(Cl)C(=O)N2C)c(Cl)c1.[Y]. The smallest absolute Gasteiger partial charge is 0.240 e. The van der Waals surface area contributed by atoms with Crippen molar-refractivity contribution >= 4 is 34.8 Å². The van der Waals surface area contributed by atoms with Gasteiger partial charge in [-0.2, -0.15) is 0 Å². The van der Waals surface area contributed by atoms with Crippen LogP contribution in [0.1, 0.15) is 12.0 Å². The Labute approximate surface area is 165 Å².